The summed E-state index contributed by atoms with van der Waals surface area (Å²) in [6.45, 7) is 4.30. The molecule has 1 saturated carbocycles. The van der Waals surface area contributed by atoms with Crippen molar-refractivity contribution >= 4 is 25.5 Å². The molecule has 5 N–H and O–H groups in total. The summed E-state index contributed by atoms with van der Waals surface area (Å²) >= 11 is 0. The van der Waals surface area contributed by atoms with Gasteiger partial charge in [-0.05, 0) is 38.0 Å². The van der Waals surface area contributed by atoms with E-state index in [1.165, 1.54) is 64.2 Å². The summed E-state index contributed by atoms with van der Waals surface area (Å²) in [5, 5.41) is 39.1. The normalized spacial score (nSPS) is 19.7. The monoisotopic (exact) mass is 861 g/mol. The number of ether oxygens (including phenoxy) is 2. The molecule has 0 aromatic heterocycles. The fourth-order valence-corrected chi connectivity index (χ4v) is 7.83. The van der Waals surface area contributed by atoms with E-state index in [0.29, 0.717) is 32.1 Å². The Balaban J connectivity index is 2.45. The number of aliphatic hydroxyl groups excluding tert-OH is 4. The average molecular weight is 861 g/mol. The molecule has 0 saturated heterocycles. The zero-order valence-corrected chi connectivity index (χ0v) is 37.5. The Hall–Kier alpha value is -1.96. The van der Waals surface area contributed by atoms with Crippen LogP contribution in [0, 0.1) is 17.8 Å². The minimum absolute atomic E-state index is 0.00825. The standard InChI is InChI=1S/C45H81O13P/c1-4-5-19-25-37(47)29-30-41-40(42(49)31-43(41)50)26-21-17-18-23-28-45(52)58-39(35-57-59(53,54)56-33-38(48)32-46)34-55-44(51)27-22-16-14-12-10-8-6-7-9-11-13-15-20-24-36(2)3/h17,21,29-30,36-41,43,46-48,50H,4-16,18-20,22-28,31-35H2,1-3H3,(H,53,54)/b21-17-,30-29+/t37-,38-,39+,40+,41+,43+/m0/s1. The van der Waals surface area contributed by atoms with Gasteiger partial charge in [-0.2, -0.15) is 0 Å². The molecule has 0 heterocycles. The highest BCUT2D eigenvalue weighted by atomic mass is 31.2. The number of ketones is 1. The molecule has 1 rings (SSSR count). The Labute approximate surface area is 355 Å². The van der Waals surface area contributed by atoms with Crippen molar-refractivity contribution in [3.8, 4) is 0 Å². The van der Waals surface area contributed by atoms with E-state index in [-0.39, 0.29) is 31.0 Å². The molecule has 0 spiro atoms. The third kappa shape index (κ3) is 29.9. The molecule has 1 unspecified atom stereocenters. The van der Waals surface area contributed by atoms with Gasteiger partial charge in [-0.25, -0.2) is 4.57 Å². The first kappa shape index (κ1) is 55.1. The van der Waals surface area contributed by atoms with Gasteiger partial charge in [-0.15, -0.1) is 0 Å². The first-order valence-electron chi connectivity index (χ1n) is 22.8. The molecule has 1 aliphatic rings. The van der Waals surface area contributed by atoms with Crippen LogP contribution in [0.25, 0.3) is 0 Å². The van der Waals surface area contributed by atoms with E-state index < -0.39 is 76.5 Å². The molecule has 1 fully saturated rings. The third-order valence-electron chi connectivity index (χ3n) is 10.7. The molecule has 13 nitrogen and oxygen atoms in total. The van der Waals surface area contributed by atoms with Crippen molar-refractivity contribution in [2.75, 3.05) is 26.4 Å². The topological polar surface area (TPSA) is 206 Å². The molecule has 0 amide bonds. The number of phosphoric acid groups is 1. The van der Waals surface area contributed by atoms with Crippen molar-refractivity contribution < 1.29 is 62.8 Å². The van der Waals surface area contributed by atoms with Gasteiger partial charge in [0.15, 0.2) is 6.10 Å². The molecule has 0 aromatic carbocycles. The summed E-state index contributed by atoms with van der Waals surface area (Å²) in [6.07, 6.45) is 25.1. The smallest absolute Gasteiger partial charge is 0.462 e. The molecule has 7 atom stereocenters. The molecular formula is C45H81O13P. The number of phosphoric ester groups is 1. The molecule has 344 valence electrons. The highest BCUT2D eigenvalue weighted by Gasteiger charge is 2.39. The van der Waals surface area contributed by atoms with Crippen LogP contribution in [0.5, 0.6) is 0 Å². The predicted molar refractivity (Wildman–Crippen MR) is 229 cm³/mol. The number of Topliss-reactive ketones (excluding diaryl/α,β-unsaturated/α-hetero) is 1. The number of unbranched alkanes of at least 4 members (excludes halogenated alkanes) is 15. The minimum atomic E-state index is -4.69. The first-order valence-corrected chi connectivity index (χ1v) is 24.2. The van der Waals surface area contributed by atoms with Gasteiger partial charge in [0.25, 0.3) is 0 Å². The molecule has 0 aliphatic heterocycles. The number of aliphatic hydroxyl groups is 4. The van der Waals surface area contributed by atoms with E-state index in [1.807, 2.05) is 12.2 Å². The lowest BCUT2D eigenvalue weighted by molar-refractivity contribution is -0.161. The van der Waals surface area contributed by atoms with Crippen LogP contribution in [0.2, 0.25) is 0 Å². The Kier molecular flexibility index (Phi) is 32.3. The maximum atomic E-state index is 12.7. The van der Waals surface area contributed by atoms with E-state index in [2.05, 4.69) is 25.3 Å². The average Bonchev–Trinajstić information content (AvgIpc) is 3.47. The van der Waals surface area contributed by atoms with Gasteiger partial charge in [-0.3, -0.25) is 23.4 Å². The maximum Gasteiger partial charge on any atom is 0.472 e. The minimum Gasteiger partial charge on any atom is -0.462 e. The number of rotatable bonds is 38. The highest BCUT2D eigenvalue weighted by Crippen LogP contribution is 2.43. The summed E-state index contributed by atoms with van der Waals surface area (Å²) in [6, 6.07) is 0. The molecule has 0 bridgehead atoms. The van der Waals surface area contributed by atoms with Crippen LogP contribution >= 0.6 is 7.82 Å². The number of carbonyl (C=O) groups is 3. The maximum absolute atomic E-state index is 12.7. The summed E-state index contributed by atoms with van der Waals surface area (Å²) in [4.78, 5) is 47.8. The Bertz CT molecular complexity index is 1210. The van der Waals surface area contributed by atoms with Crippen molar-refractivity contribution in [3.05, 3.63) is 24.3 Å². The Morgan fingerprint density at radius 3 is 1.97 bits per heavy atom. The van der Waals surface area contributed by atoms with Crippen LogP contribution in [0.15, 0.2) is 24.3 Å². The molecule has 59 heavy (non-hydrogen) atoms. The SMILES string of the molecule is CCCCC[C@H](O)/C=C/[C@H]1[C@H](O)CC(=O)[C@@H]1C/C=C\CCCC(=O)O[C@H](COC(=O)CCCCCCCCCCCCCCCC(C)C)COP(=O)(O)OC[C@@H](O)CO. The van der Waals surface area contributed by atoms with E-state index in [9.17, 15) is 39.2 Å². The Morgan fingerprint density at radius 2 is 1.36 bits per heavy atom. The molecular weight excluding hydrogens is 779 g/mol. The van der Waals surface area contributed by atoms with Crippen LogP contribution in [0.1, 0.15) is 175 Å². The second-order valence-electron chi connectivity index (χ2n) is 16.7. The van der Waals surface area contributed by atoms with Crippen molar-refractivity contribution in [3.63, 3.8) is 0 Å². The number of hydrogen-bond donors (Lipinski definition) is 5. The first-order chi connectivity index (χ1) is 28.3. The van der Waals surface area contributed by atoms with Crippen molar-refractivity contribution in [1.29, 1.82) is 0 Å². The fourth-order valence-electron chi connectivity index (χ4n) is 7.04. The summed E-state index contributed by atoms with van der Waals surface area (Å²) in [5.74, 6) is -1.11. The van der Waals surface area contributed by atoms with Gasteiger partial charge in [0.1, 0.15) is 18.5 Å². The molecule has 1 aliphatic carbocycles. The molecule has 14 heteroatoms. The van der Waals surface area contributed by atoms with Crippen LogP contribution in [-0.4, -0.2) is 93.9 Å². The zero-order chi connectivity index (χ0) is 43.7. The van der Waals surface area contributed by atoms with Crippen LogP contribution in [-0.2, 0) is 37.5 Å². The summed E-state index contributed by atoms with van der Waals surface area (Å²) < 4.78 is 32.7. The van der Waals surface area contributed by atoms with Gasteiger partial charge in [0.05, 0.1) is 32.0 Å². The predicted octanol–water partition coefficient (Wildman–Crippen LogP) is 8.62. The van der Waals surface area contributed by atoms with E-state index in [0.717, 1.165) is 44.4 Å². The quantitative estimate of drug-likeness (QED) is 0.0171. The van der Waals surface area contributed by atoms with Gasteiger partial charge in [0, 0.05) is 31.1 Å². The molecule has 0 aromatic rings. The van der Waals surface area contributed by atoms with Gasteiger partial charge < -0.3 is 34.8 Å². The lowest BCUT2D eigenvalue weighted by Gasteiger charge is -2.20. The lowest BCUT2D eigenvalue weighted by Crippen LogP contribution is -2.29. The van der Waals surface area contributed by atoms with Crippen LogP contribution in [0.4, 0.5) is 0 Å². The van der Waals surface area contributed by atoms with Crippen molar-refractivity contribution in [1.82, 2.24) is 0 Å². The van der Waals surface area contributed by atoms with Gasteiger partial charge in [0.2, 0.25) is 0 Å². The van der Waals surface area contributed by atoms with Gasteiger partial charge >= 0.3 is 19.8 Å². The number of esters is 2. The molecule has 0 radical (unpaired) electrons. The van der Waals surface area contributed by atoms with E-state index in [1.54, 1.807) is 12.2 Å². The number of hydrogen-bond acceptors (Lipinski definition) is 12. The highest BCUT2D eigenvalue weighted by molar-refractivity contribution is 7.47. The Morgan fingerprint density at radius 1 is 0.780 bits per heavy atom. The summed E-state index contributed by atoms with van der Waals surface area (Å²) in [5.41, 5.74) is 0. The van der Waals surface area contributed by atoms with Gasteiger partial charge in [-0.1, -0.05) is 148 Å². The lowest BCUT2D eigenvalue weighted by atomic mass is 9.90. The zero-order valence-electron chi connectivity index (χ0n) is 36.6. The summed E-state index contributed by atoms with van der Waals surface area (Å²) in [7, 11) is -4.69. The van der Waals surface area contributed by atoms with Crippen LogP contribution in [0.3, 0.4) is 0 Å². The van der Waals surface area contributed by atoms with E-state index in [4.69, 9.17) is 19.1 Å². The second kappa shape index (κ2) is 34.6. The van der Waals surface area contributed by atoms with E-state index >= 15 is 0 Å². The second-order valence-corrected chi connectivity index (χ2v) is 18.1. The third-order valence-corrected chi connectivity index (χ3v) is 11.6. The largest absolute Gasteiger partial charge is 0.472 e. The van der Waals surface area contributed by atoms with Crippen molar-refractivity contribution in [2.45, 2.75) is 199 Å². The number of allylic oxidation sites excluding steroid dienone is 2. The van der Waals surface area contributed by atoms with Crippen LogP contribution < -0.4 is 0 Å². The fraction of sp³-hybridized carbons (Fsp3) is 0.844. The number of carbonyl (C=O) groups excluding carboxylic acids is 3. The van der Waals surface area contributed by atoms with Crippen molar-refractivity contribution in [2.24, 2.45) is 17.8 Å².